The van der Waals surface area contributed by atoms with Crippen molar-refractivity contribution in [3.8, 4) is 0 Å². The summed E-state index contributed by atoms with van der Waals surface area (Å²) in [5.41, 5.74) is 0.271. The van der Waals surface area contributed by atoms with Gasteiger partial charge in [-0.3, -0.25) is 9.69 Å². The van der Waals surface area contributed by atoms with E-state index in [0.29, 0.717) is 30.1 Å². The van der Waals surface area contributed by atoms with Gasteiger partial charge in [-0.05, 0) is 50.9 Å². The van der Waals surface area contributed by atoms with Crippen LogP contribution < -0.4 is 0 Å². The van der Waals surface area contributed by atoms with E-state index in [-0.39, 0.29) is 11.5 Å². The van der Waals surface area contributed by atoms with E-state index in [1.165, 1.54) is 18.2 Å². The predicted molar refractivity (Wildman–Crippen MR) is 98.6 cm³/mol. The second kappa shape index (κ2) is 8.02. The van der Waals surface area contributed by atoms with Crippen molar-refractivity contribution in [2.24, 2.45) is 5.92 Å². The summed E-state index contributed by atoms with van der Waals surface area (Å²) in [5.74, 6) is 0.0250. The van der Waals surface area contributed by atoms with Gasteiger partial charge in [-0.15, -0.1) is 0 Å². The van der Waals surface area contributed by atoms with Gasteiger partial charge < -0.3 is 9.80 Å². The largest absolute Gasteiger partial charge is 0.339 e. The number of halogens is 2. The summed E-state index contributed by atoms with van der Waals surface area (Å²) < 4.78 is 13.4. The molecule has 0 aliphatic carbocycles. The zero-order valence-corrected chi connectivity index (χ0v) is 15.8. The van der Waals surface area contributed by atoms with Crippen molar-refractivity contribution in [2.45, 2.75) is 25.8 Å². The highest BCUT2D eigenvalue weighted by atomic mass is 35.5. The molecule has 0 N–H and O–H groups in total. The number of rotatable bonds is 3. The highest BCUT2D eigenvalue weighted by Gasteiger charge is 2.31. The fourth-order valence-corrected chi connectivity index (χ4v) is 4.14. The second-order valence-corrected chi connectivity index (χ2v) is 7.74. The number of piperidine rings is 1. The molecule has 25 heavy (non-hydrogen) atoms. The molecule has 0 saturated carbocycles. The monoisotopic (exact) mass is 367 g/mol. The fourth-order valence-electron chi connectivity index (χ4n) is 3.94. The number of nitrogens with zero attached hydrogens (tertiary/aromatic N) is 3. The molecule has 1 aromatic rings. The Morgan fingerprint density at radius 1 is 1.16 bits per heavy atom. The maximum Gasteiger partial charge on any atom is 0.255 e. The van der Waals surface area contributed by atoms with Crippen LogP contribution in [0.4, 0.5) is 4.39 Å². The number of carbonyl (C=O) groups is 1. The molecule has 1 amide bonds. The Balaban J connectivity index is 1.56. The van der Waals surface area contributed by atoms with Crippen LogP contribution >= 0.6 is 11.6 Å². The van der Waals surface area contributed by atoms with Crippen LogP contribution in [-0.4, -0.2) is 73.0 Å². The smallest absolute Gasteiger partial charge is 0.255 e. The topological polar surface area (TPSA) is 26.8 Å². The third kappa shape index (κ3) is 4.33. The van der Waals surface area contributed by atoms with Crippen molar-refractivity contribution >= 4 is 17.5 Å². The van der Waals surface area contributed by atoms with Crippen LogP contribution in [0.1, 0.15) is 30.1 Å². The summed E-state index contributed by atoms with van der Waals surface area (Å²) in [6.07, 6.45) is 1.98. The Morgan fingerprint density at radius 2 is 1.80 bits per heavy atom. The lowest BCUT2D eigenvalue weighted by atomic mass is 9.88. The van der Waals surface area contributed by atoms with Gasteiger partial charge in [0.15, 0.2) is 0 Å². The number of hydrogen-bond donors (Lipinski definition) is 0. The molecule has 2 fully saturated rings. The van der Waals surface area contributed by atoms with Gasteiger partial charge in [0, 0.05) is 45.3 Å². The van der Waals surface area contributed by atoms with Gasteiger partial charge in [0.25, 0.3) is 5.91 Å². The molecular formula is C19H27ClFN3O. The quantitative estimate of drug-likeness (QED) is 0.821. The summed E-state index contributed by atoms with van der Waals surface area (Å²) in [6.45, 7) is 8.24. The molecular weight excluding hydrogens is 341 g/mol. The third-order valence-corrected chi connectivity index (χ3v) is 6.11. The zero-order chi connectivity index (χ0) is 18.0. The van der Waals surface area contributed by atoms with Crippen LogP contribution in [0.15, 0.2) is 18.2 Å². The molecule has 0 bridgehead atoms. The normalized spacial score (nSPS) is 22.2. The van der Waals surface area contributed by atoms with E-state index in [2.05, 4.69) is 23.8 Å². The first-order valence-corrected chi connectivity index (χ1v) is 9.50. The molecule has 0 aromatic heterocycles. The van der Waals surface area contributed by atoms with Gasteiger partial charge >= 0.3 is 0 Å². The van der Waals surface area contributed by atoms with E-state index in [1.807, 2.05) is 4.90 Å². The van der Waals surface area contributed by atoms with Crippen molar-refractivity contribution in [1.82, 2.24) is 14.7 Å². The van der Waals surface area contributed by atoms with Crippen LogP contribution in [0.5, 0.6) is 0 Å². The molecule has 6 heteroatoms. The standard InChI is InChI=1S/C19H27ClFN3O/c1-14(23-11-9-22(2)10-12-23)15-5-7-24(8-6-15)19(25)17-13-16(21)3-4-18(17)20/h3-4,13-15H,5-12H2,1-2H3. The van der Waals surface area contributed by atoms with Gasteiger partial charge in [0.1, 0.15) is 5.82 Å². The number of amides is 1. The van der Waals surface area contributed by atoms with Crippen molar-refractivity contribution in [2.75, 3.05) is 46.3 Å². The van der Waals surface area contributed by atoms with Crippen LogP contribution in [0.3, 0.4) is 0 Å². The summed E-state index contributed by atoms with van der Waals surface area (Å²) in [4.78, 5) is 19.4. The maximum atomic E-state index is 13.4. The van der Waals surface area contributed by atoms with Gasteiger partial charge in [-0.2, -0.15) is 0 Å². The van der Waals surface area contributed by atoms with Crippen molar-refractivity contribution in [3.05, 3.63) is 34.6 Å². The van der Waals surface area contributed by atoms with Gasteiger partial charge in [-0.1, -0.05) is 11.6 Å². The van der Waals surface area contributed by atoms with E-state index in [0.717, 1.165) is 39.0 Å². The van der Waals surface area contributed by atoms with Crippen LogP contribution in [0, 0.1) is 11.7 Å². The SMILES string of the molecule is CC(C1CCN(C(=O)c2cc(F)ccc2Cl)CC1)N1CCN(C)CC1. The Bertz CT molecular complexity index is 611. The van der Waals surface area contributed by atoms with E-state index in [1.54, 1.807) is 0 Å². The van der Waals surface area contributed by atoms with E-state index in [4.69, 9.17) is 11.6 Å². The molecule has 1 atom stereocenters. The molecule has 1 aromatic carbocycles. The van der Waals surface area contributed by atoms with Crippen LogP contribution in [-0.2, 0) is 0 Å². The Morgan fingerprint density at radius 3 is 2.44 bits per heavy atom. The predicted octanol–water partition coefficient (Wildman–Crippen LogP) is 2.97. The highest BCUT2D eigenvalue weighted by molar-refractivity contribution is 6.33. The molecule has 2 saturated heterocycles. The highest BCUT2D eigenvalue weighted by Crippen LogP contribution is 2.27. The minimum atomic E-state index is -0.425. The maximum absolute atomic E-state index is 13.4. The van der Waals surface area contributed by atoms with E-state index in [9.17, 15) is 9.18 Å². The fraction of sp³-hybridized carbons (Fsp3) is 0.632. The number of likely N-dealkylation sites (N-methyl/N-ethyl adjacent to an activating group) is 1. The first-order valence-electron chi connectivity index (χ1n) is 9.12. The zero-order valence-electron chi connectivity index (χ0n) is 15.0. The summed E-state index contributed by atoms with van der Waals surface area (Å²) in [7, 11) is 2.17. The summed E-state index contributed by atoms with van der Waals surface area (Å²) >= 11 is 6.08. The summed E-state index contributed by atoms with van der Waals surface area (Å²) in [6, 6.07) is 4.52. The lowest BCUT2D eigenvalue weighted by molar-refractivity contribution is 0.0500. The van der Waals surface area contributed by atoms with E-state index < -0.39 is 5.82 Å². The second-order valence-electron chi connectivity index (χ2n) is 7.33. The third-order valence-electron chi connectivity index (χ3n) is 5.78. The Hall–Kier alpha value is -1.17. The molecule has 138 valence electrons. The van der Waals surface area contributed by atoms with Gasteiger partial charge in [-0.25, -0.2) is 4.39 Å². The van der Waals surface area contributed by atoms with Crippen LogP contribution in [0.2, 0.25) is 5.02 Å². The average Bonchev–Trinajstić information content (AvgIpc) is 2.63. The van der Waals surface area contributed by atoms with E-state index >= 15 is 0 Å². The molecule has 2 aliphatic rings. The van der Waals surface area contributed by atoms with Crippen molar-refractivity contribution in [3.63, 3.8) is 0 Å². The van der Waals surface area contributed by atoms with Crippen LogP contribution in [0.25, 0.3) is 0 Å². The summed E-state index contributed by atoms with van der Waals surface area (Å²) in [5, 5.41) is 0.319. The van der Waals surface area contributed by atoms with Gasteiger partial charge in [0.05, 0.1) is 10.6 Å². The molecule has 2 aliphatic heterocycles. The molecule has 3 rings (SSSR count). The van der Waals surface area contributed by atoms with Gasteiger partial charge in [0.2, 0.25) is 0 Å². The van der Waals surface area contributed by atoms with Crippen molar-refractivity contribution < 1.29 is 9.18 Å². The number of likely N-dealkylation sites (tertiary alicyclic amines) is 1. The first kappa shape index (κ1) is 18.6. The molecule has 0 spiro atoms. The number of piperazine rings is 1. The Labute approximate surface area is 154 Å². The Kier molecular flexibility index (Phi) is 5.97. The molecule has 2 heterocycles. The molecule has 1 unspecified atom stereocenters. The lowest BCUT2D eigenvalue weighted by Crippen LogP contribution is -2.52. The lowest BCUT2D eigenvalue weighted by Gasteiger charge is -2.42. The van der Waals surface area contributed by atoms with Crippen molar-refractivity contribution in [1.29, 1.82) is 0 Å². The average molecular weight is 368 g/mol. The number of carbonyl (C=O) groups excluding carboxylic acids is 1. The number of benzene rings is 1. The molecule has 0 radical (unpaired) electrons. The number of hydrogen-bond acceptors (Lipinski definition) is 3. The first-order chi connectivity index (χ1) is 12.0. The molecule has 4 nitrogen and oxygen atoms in total. The minimum absolute atomic E-state index is 0.157. The minimum Gasteiger partial charge on any atom is -0.339 e.